The molecule has 3 heteroatoms. The second kappa shape index (κ2) is 6.30. The van der Waals surface area contributed by atoms with Crippen molar-refractivity contribution in [3.63, 3.8) is 0 Å². The summed E-state index contributed by atoms with van der Waals surface area (Å²) in [6.07, 6.45) is 2.04. The summed E-state index contributed by atoms with van der Waals surface area (Å²) in [4.78, 5) is 0. The molecular weight excluding hydrogens is 190 g/mol. The Labute approximate surface area is 91.1 Å². The quantitative estimate of drug-likeness (QED) is 0.755. The topological polar surface area (TPSA) is 41.5 Å². The van der Waals surface area contributed by atoms with E-state index >= 15 is 0 Å². The predicted molar refractivity (Wildman–Crippen MR) is 62.4 cm³/mol. The molecule has 0 aromatic heterocycles. The lowest BCUT2D eigenvalue weighted by atomic mass is 10.1. The van der Waals surface area contributed by atoms with Crippen molar-refractivity contribution in [1.82, 2.24) is 0 Å². The van der Waals surface area contributed by atoms with Crippen LogP contribution in [0.2, 0.25) is 0 Å². The van der Waals surface area contributed by atoms with Crippen LogP contribution in [0.25, 0.3) is 0 Å². The normalized spacial score (nSPS) is 12.2. The Hall–Kier alpha value is -1.22. The standard InChI is InChI=1S/C12H19NO2/c1-3-4-11(9-14)13-10-5-7-12(15-2)8-6-10/h5-8,11,13-14H,3-4,9H2,1-2H3. The van der Waals surface area contributed by atoms with E-state index in [1.807, 2.05) is 24.3 Å². The Morgan fingerprint density at radius 1 is 1.33 bits per heavy atom. The highest BCUT2D eigenvalue weighted by molar-refractivity contribution is 5.47. The second-order valence-corrected chi connectivity index (χ2v) is 3.54. The third kappa shape index (κ3) is 3.80. The van der Waals surface area contributed by atoms with Crippen molar-refractivity contribution in [2.45, 2.75) is 25.8 Å². The SMILES string of the molecule is CCCC(CO)Nc1ccc(OC)cc1. The molecule has 1 unspecified atom stereocenters. The highest BCUT2D eigenvalue weighted by Gasteiger charge is 2.05. The molecule has 0 spiro atoms. The number of benzene rings is 1. The van der Waals surface area contributed by atoms with E-state index in [4.69, 9.17) is 9.84 Å². The van der Waals surface area contributed by atoms with Gasteiger partial charge in [0.05, 0.1) is 13.7 Å². The van der Waals surface area contributed by atoms with Gasteiger partial charge in [-0.25, -0.2) is 0 Å². The van der Waals surface area contributed by atoms with Crippen LogP contribution in [0.4, 0.5) is 5.69 Å². The molecule has 0 fully saturated rings. The molecule has 0 aliphatic heterocycles. The van der Waals surface area contributed by atoms with E-state index in [2.05, 4.69) is 12.2 Å². The van der Waals surface area contributed by atoms with Crippen molar-refractivity contribution >= 4 is 5.69 Å². The number of aliphatic hydroxyl groups excluding tert-OH is 1. The molecule has 2 N–H and O–H groups in total. The maximum absolute atomic E-state index is 9.13. The van der Waals surface area contributed by atoms with Gasteiger partial charge >= 0.3 is 0 Å². The van der Waals surface area contributed by atoms with Gasteiger partial charge in [0.25, 0.3) is 0 Å². The second-order valence-electron chi connectivity index (χ2n) is 3.54. The predicted octanol–water partition coefficient (Wildman–Crippen LogP) is 2.27. The number of ether oxygens (including phenoxy) is 1. The zero-order chi connectivity index (χ0) is 11.1. The molecule has 0 saturated heterocycles. The van der Waals surface area contributed by atoms with E-state index in [1.54, 1.807) is 7.11 Å². The minimum Gasteiger partial charge on any atom is -0.497 e. The minimum atomic E-state index is 0.142. The van der Waals surface area contributed by atoms with Gasteiger partial charge in [-0.1, -0.05) is 13.3 Å². The molecule has 0 aliphatic rings. The van der Waals surface area contributed by atoms with Gasteiger partial charge < -0.3 is 15.2 Å². The fourth-order valence-electron chi connectivity index (χ4n) is 1.48. The summed E-state index contributed by atoms with van der Waals surface area (Å²) in [5, 5.41) is 12.4. The number of anilines is 1. The minimum absolute atomic E-state index is 0.142. The number of hydrogen-bond donors (Lipinski definition) is 2. The maximum Gasteiger partial charge on any atom is 0.119 e. The van der Waals surface area contributed by atoms with Gasteiger partial charge in [-0.05, 0) is 30.7 Å². The number of hydrogen-bond acceptors (Lipinski definition) is 3. The van der Waals surface area contributed by atoms with Gasteiger partial charge in [0.15, 0.2) is 0 Å². The molecule has 1 aromatic rings. The molecule has 0 radical (unpaired) electrons. The Balaban J connectivity index is 2.55. The van der Waals surface area contributed by atoms with Crippen LogP contribution in [0.5, 0.6) is 5.75 Å². The van der Waals surface area contributed by atoms with Gasteiger partial charge in [-0.3, -0.25) is 0 Å². The third-order valence-corrected chi connectivity index (χ3v) is 2.32. The Kier molecular flexibility index (Phi) is 4.98. The van der Waals surface area contributed by atoms with Crippen LogP contribution in [0, 0.1) is 0 Å². The Morgan fingerprint density at radius 3 is 2.47 bits per heavy atom. The van der Waals surface area contributed by atoms with Crippen LogP contribution >= 0.6 is 0 Å². The average molecular weight is 209 g/mol. The lowest BCUT2D eigenvalue weighted by molar-refractivity contribution is 0.268. The van der Waals surface area contributed by atoms with Crippen LogP contribution in [-0.2, 0) is 0 Å². The summed E-state index contributed by atoms with van der Waals surface area (Å²) in [5.74, 6) is 0.844. The molecule has 0 bridgehead atoms. The van der Waals surface area contributed by atoms with Gasteiger partial charge in [-0.15, -0.1) is 0 Å². The molecule has 0 saturated carbocycles. The molecular formula is C12H19NO2. The monoisotopic (exact) mass is 209 g/mol. The highest BCUT2D eigenvalue weighted by Crippen LogP contribution is 2.16. The Morgan fingerprint density at radius 2 is 2.00 bits per heavy atom. The first-order chi connectivity index (χ1) is 7.30. The lowest BCUT2D eigenvalue weighted by Gasteiger charge is -2.16. The van der Waals surface area contributed by atoms with Crippen molar-refractivity contribution in [2.24, 2.45) is 0 Å². The highest BCUT2D eigenvalue weighted by atomic mass is 16.5. The average Bonchev–Trinajstić information content (AvgIpc) is 2.29. The largest absolute Gasteiger partial charge is 0.497 e. The van der Waals surface area contributed by atoms with E-state index < -0.39 is 0 Å². The van der Waals surface area contributed by atoms with Crippen LogP contribution < -0.4 is 10.1 Å². The zero-order valence-electron chi connectivity index (χ0n) is 9.36. The van der Waals surface area contributed by atoms with E-state index in [1.165, 1.54) is 0 Å². The van der Waals surface area contributed by atoms with E-state index in [0.717, 1.165) is 24.3 Å². The van der Waals surface area contributed by atoms with Gasteiger partial charge in [0.1, 0.15) is 5.75 Å². The van der Waals surface area contributed by atoms with Crippen LogP contribution in [0.1, 0.15) is 19.8 Å². The first-order valence-electron chi connectivity index (χ1n) is 5.31. The van der Waals surface area contributed by atoms with Crippen LogP contribution in [-0.4, -0.2) is 24.9 Å². The van der Waals surface area contributed by atoms with Crippen LogP contribution in [0.15, 0.2) is 24.3 Å². The lowest BCUT2D eigenvalue weighted by Crippen LogP contribution is -2.23. The molecule has 15 heavy (non-hydrogen) atoms. The van der Waals surface area contributed by atoms with E-state index in [9.17, 15) is 0 Å². The van der Waals surface area contributed by atoms with Gasteiger partial charge in [-0.2, -0.15) is 0 Å². The van der Waals surface area contributed by atoms with Crippen molar-refractivity contribution in [3.05, 3.63) is 24.3 Å². The zero-order valence-corrected chi connectivity index (χ0v) is 9.36. The van der Waals surface area contributed by atoms with Gasteiger partial charge in [0.2, 0.25) is 0 Å². The van der Waals surface area contributed by atoms with Gasteiger partial charge in [0, 0.05) is 11.7 Å². The molecule has 0 heterocycles. The Bertz CT molecular complexity index is 271. The number of rotatable bonds is 6. The summed E-state index contributed by atoms with van der Waals surface area (Å²) in [5.41, 5.74) is 1.02. The molecule has 3 nitrogen and oxygen atoms in total. The third-order valence-electron chi connectivity index (χ3n) is 2.32. The van der Waals surface area contributed by atoms with Crippen LogP contribution in [0.3, 0.4) is 0 Å². The number of aliphatic hydroxyl groups is 1. The van der Waals surface area contributed by atoms with Crippen molar-refractivity contribution in [2.75, 3.05) is 19.0 Å². The van der Waals surface area contributed by atoms with Crippen molar-refractivity contribution in [1.29, 1.82) is 0 Å². The van der Waals surface area contributed by atoms with E-state index in [-0.39, 0.29) is 12.6 Å². The molecule has 1 aromatic carbocycles. The van der Waals surface area contributed by atoms with E-state index in [0.29, 0.717) is 0 Å². The van der Waals surface area contributed by atoms with Crippen molar-refractivity contribution in [3.8, 4) is 5.75 Å². The summed E-state index contributed by atoms with van der Waals surface area (Å²) in [7, 11) is 1.65. The first kappa shape index (κ1) is 11.9. The smallest absolute Gasteiger partial charge is 0.119 e. The molecule has 1 atom stereocenters. The number of nitrogens with one attached hydrogen (secondary N) is 1. The maximum atomic E-state index is 9.13. The first-order valence-corrected chi connectivity index (χ1v) is 5.31. The molecule has 1 rings (SSSR count). The summed E-state index contributed by atoms with van der Waals surface area (Å²) >= 11 is 0. The molecule has 0 aliphatic carbocycles. The fourth-order valence-corrected chi connectivity index (χ4v) is 1.48. The van der Waals surface area contributed by atoms with Crippen molar-refractivity contribution < 1.29 is 9.84 Å². The summed E-state index contributed by atoms with van der Waals surface area (Å²) in [6, 6.07) is 7.86. The number of methoxy groups -OCH3 is 1. The molecule has 0 amide bonds. The summed E-state index contributed by atoms with van der Waals surface area (Å²) in [6.45, 7) is 2.28. The fraction of sp³-hybridized carbons (Fsp3) is 0.500. The molecule has 84 valence electrons. The summed E-state index contributed by atoms with van der Waals surface area (Å²) < 4.78 is 5.07.